The SMILES string of the molecule is CC1(C(F)(F)F)Nc2cc(Cl)ccc2NC1=O. The lowest BCUT2D eigenvalue weighted by Gasteiger charge is -2.37. The maximum absolute atomic E-state index is 12.8. The Morgan fingerprint density at radius 1 is 1.29 bits per heavy atom. The van der Waals surface area contributed by atoms with Gasteiger partial charge in [0.05, 0.1) is 11.4 Å². The molecule has 0 spiro atoms. The Labute approximate surface area is 99.9 Å². The first-order chi connectivity index (χ1) is 7.74. The van der Waals surface area contributed by atoms with Gasteiger partial charge in [0.2, 0.25) is 5.54 Å². The molecular weight excluding hydrogens is 257 g/mol. The van der Waals surface area contributed by atoms with Crippen molar-refractivity contribution in [2.75, 3.05) is 10.6 Å². The van der Waals surface area contributed by atoms with Crippen LogP contribution >= 0.6 is 11.6 Å². The van der Waals surface area contributed by atoms with E-state index in [9.17, 15) is 18.0 Å². The summed E-state index contributed by atoms with van der Waals surface area (Å²) in [7, 11) is 0. The van der Waals surface area contributed by atoms with E-state index in [2.05, 4.69) is 10.6 Å². The number of halogens is 4. The number of hydrogen-bond acceptors (Lipinski definition) is 2. The monoisotopic (exact) mass is 264 g/mol. The van der Waals surface area contributed by atoms with Crippen LogP contribution in [-0.2, 0) is 4.79 Å². The first kappa shape index (κ1) is 12.0. The van der Waals surface area contributed by atoms with Gasteiger partial charge in [-0.1, -0.05) is 11.6 Å². The zero-order valence-electron chi connectivity index (χ0n) is 8.65. The summed E-state index contributed by atoms with van der Waals surface area (Å²) in [6.07, 6.45) is -4.70. The van der Waals surface area contributed by atoms with Crippen LogP contribution in [0.5, 0.6) is 0 Å². The maximum Gasteiger partial charge on any atom is 0.420 e. The molecule has 7 heteroatoms. The number of amides is 1. The highest BCUT2D eigenvalue weighted by atomic mass is 35.5. The summed E-state index contributed by atoms with van der Waals surface area (Å²) in [4.78, 5) is 11.5. The van der Waals surface area contributed by atoms with Gasteiger partial charge in [0.25, 0.3) is 5.91 Å². The van der Waals surface area contributed by atoms with Gasteiger partial charge in [-0.15, -0.1) is 0 Å². The summed E-state index contributed by atoms with van der Waals surface area (Å²) >= 11 is 5.69. The lowest BCUT2D eigenvalue weighted by atomic mass is 9.96. The molecule has 1 atom stereocenters. The molecule has 1 unspecified atom stereocenters. The van der Waals surface area contributed by atoms with Crippen LogP contribution < -0.4 is 10.6 Å². The average molecular weight is 265 g/mol. The third-order valence-electron chi connectivity index (χ3n) is 2.64. The molecule has 0 saturated carbocycles. The highest BCUT2D eigenvalue weighted by Gasteiger charge is 2.58. The summed E-state index contributed by atoms with van der Waals surface area (Å²) < 4.78 is 38.4. The molecule has 0 bridgehead atoms. The second-order valence-corrected chi connectivity index (χ2v) is 4.33. The maximum atomic E-state index is 12.8. The van der Waals surface area contributed by atoms with E-state index in [4.69, 9.17) is 11.6 Å². The Bertz CT molecular complexity index is 489. The number of fused-ring (bicyclic) bond motifs is 1. The van der Waals surface area contributed by atoms with Crippen LogP contribution in [0.15, 0.2) is 18.2 Å². The molecule has 2 rings (SSSR count). The largest absolute Gasteiger partial charge is 0.420 e. The second kappa shape index (κ2) is 3.53. The van der Waals surface area contributed by atoms with Crippen molar-refractivity contribution in [1.29, 1.82) is 0 Å². The number of rotatable bonds is 0. The summed E-state index contributed by atoms with van der Waals surface area (Å²) in [5, 5.41) is 4.68. The molecule has 1 aromatic carbocycles. The molecule has 1 aromatic rings. The van der Waals surface area contributed by atoms with E-state index in [1.807, 2.05) is 0 Å². The van der Waals surface area contributed by atoms with Gasteiger partial charge in [-0.05, 0) is 25.1 Å². The standard InChI is InChI=1S/C10H8ClF3N2O/c1-9(10(12,13)14)8(17)15-6-3-2-5(11)4-7(6)16-9/h2-4,16H,1H3,(H,15,17). The predicted octanol–water partition coefficient (Wildman–Crippen LogP) is 3.03. The minimum atomic E-state index is -4.70. The Kier molecular flexibility index (Phi) is 2.50. The minimum absolute atomic E-state index is 0.150. The van der Waals surface area contributed by atoms with E-state index in [1.54, 1.807) is 0 Å². The number of carbonyl (C=O) groups excluding carboxylic acids is 1. The fourth-order valence-corrected chi connectivity index (χ4v) is 1.67. The van der Waals surface area contributed by atoms with Crippen molar-refractivity contribution in [1.82, 2.24) is 0 Å². The van der Waals surface area contributed by atoms with Crippen LogP contribution in [0.2, 0.25) is 5.02 Å². The summed E-state index contributed by atoms with van der Waals surface area (Å²) in [5.41, 5.74) is -2.22. The van der Waals surface area contributed by atoms with Crippen LogP contribution in [0.25, 0.3) is 0 Å². The number of hydrogen-bond donors (Lipinski definition) is 2. The summed E-state index contributed by atoms with van der Waals surface area (Å²) in [5.74, 6) is -1.14. The summed E-state index contributed by atoms with van der Waals surface area (Å²) in [6.45, 7) is 0.784. The Hall–Kier alpha value is -1.43. The molecule has 2 N–H and O–H groups in total. The lowest BCUT2D eigenvalue weighted by molar-refractivity contribution is -0.179. The van der Waals surface area contributed by atoms with E-state index in [-0.39, 0.29) is 16.4 Å². The van der Waals surface area contributed by atoms with Crippen LogP contribution in [0.3, 0.4) is 0 Å². The molecule has 0 radical (unpaired) electrons. The molecule has 1 aliphatic heterocycles. The van der Waals surface area contributed by atoms with E-state index < -0.39 is 17.6 Å². The Balaban J connectivity index is 2.48. The molecule has 0 aliphatic carbocycles. The van der Waals surface area contributed by atoms with Crippen molar-refractivity contribution in [3.8, 4) is 0 Å². The molecule has 17 heavy (non-hydrogen) atoms. The van der Waals surface area contributed by atoms with Gasteiger partial charge in [0.1, 0.15) is 0 Å². The zero-order valence-corrected chi connectivity index (χ0v) is 9.41. The van der Waals surface area contributed by atoms with Gasteiger partial charge >= 0.3 is 6.18 Å². The fraction of sp³-hybridized carbons (Fsp3) is 0.300. The van der Waals surface area contributed by atoms with Crippen molar-refractivity contribution >= 4 is 28.9 Å². The van der Waals surface area contributed by atoms with Gasteiger partial charge < -0.3 is 10.6 Å². The lowest BCUT2D eigenvalue weighted by Crippen LogP contribution is -2.60. The topological polar surface area (TPSA) is 41.1 Å². The highest BCUT2D eigenvalue weighted by molar-refractivity contribution is 6.31. The van der Waals surface area contributed by atoms with Gasteiger partial charge in [0.15, 0.2) is 0 Å². The molecule has 0 fully saturated rings. The van der Waals surface area contributed by atoms with Crippen LogP contribution in [0, 0.1) is 0 Å². The molecule has 3 nitrogen and oxygen atoms in total. The molecule has 1 heterocycles. The van der Waals surface area contributed by atoms with Crippen LogP contribution in [0.4, 0.5) is 24.5 Å². The second-order valence-electron chi connectivity index (χ2n) is 3.89. The number of alkyl halides is 3. The van der Waals surface area contributed by atoms with E-state index in [0.717, 1.165) is 6.92 Å². The van der Waals surface area contributed by atoms with Crippen molar-refractivity contribution in [2.45, 2.75) is 18.6 Å². The summed E-state index contributed by atoms with van der Waals surface area (Å²) in [6, 6.07) is 4.26. The third kappa shape index (κ3) is 1.82. The number of nitrogens with one attached hydrogen (secondary N) is 2. The number of benzene rings is 1. The number of carbonyl (C=O) groups is 1. The van der Waals surface area contributed by atoms with Crippen molar-refractivity contribution < 1.29 is 18.0 Å². The Morgan fingerprint density at radius 2 is 1.94 bits per heavy atom. The molecular formula is C10H8ClF3N2O. The van der Waals surface area contributed by atoms with Crippen LogP contribution in [-0.4, -0.2) is 17.6 Å². The normalized spacial score (nSPS) is 23.7. The molecule has 0 aromatic heterocycles. The highest BCUT2D eigenvalue weighted by Crippen LogP contribution is 2.40. The molecule has 1 amide bonds. The minimum Gasteiger partial charge on any atom is -0.362 e. The first-order valence-corrected chi connectivity index (χ1v) is 5.08. The van der Waals surface area contributed by atoms with Gasteiger partial charge in [-0.2, -0.15) is 13.2 Å². The average Bonchev–Trinajstić information content (AvgIpc) is 2.18. The van der Waals surface area contributed by atoms with Crippen LogP contribution in [0.1, 0.15) is 6.92 Å². The smallest absolute Gasteiger partial charge is 0.362 e. The first-order valence-electron chi connectivity index (χ1n) is 4.70. The van der Waals surface area contributed by atoms with Gasteiger partial charge in [0, 0.05) is 5.02 Å². The molecule has 1 aliphatic rings. The zero-order chi connectivity index (χ0) is 12.8. The van der Waals surface area contributed by atoms with Gasteiger partial charge in [-0.3, -0.25) is 4.79 Å². The van der Waals surface area contributed by atoms with E-state index in [0.29, 0.717) is 0 Å². The van der Waals surface area contributed by atoms with Gasteiger partial charge in [-0.25, -0.2) is 0 Å². The molecule has 0 saturated heterocycles. The quantitative estimate of drug-likeness (QED) is 0.756. The van der Waals surface area contributed by atoms with E-state index >= 15 is 0 Å². The third-order valence-corrected chi connectivity index (χ3v) is 2.87. The van der Waals surface area contributed by atoms with Crippen molar-refractivity contribution in [3.05, 3.63) is 23.2 Å². The van der Waals surface area contributed by atoms with Crippen molar-refractivity contribution in [2.24, 2.45) is 0 Å². The van der Waals surface area contributed by atoms with Crippen molar-refractivity contribution in [3.63, 3.8) is 0 Å². The Morgan fingerprint density at radius 3 is 2.53 bits per heavy atom. The number of anilines is 2. The fourth-order valence-electron chi connectivity index (χ4n) is 1.50. The predicted molar refractivity (Wildman–Crippen MR) is 58.2 cm³/mol. The molecule has 92 valence electrons. The van der Waals surface area contributed by atoms with E-state index in [1.165, 1.54) is 18.2 Å².